The highest BCUT2D eigenvalue weighted by Gasteiger charge is 2.39. The standard InChI is InChI=1S/C14H18ClN3O4S/c1-23(21,22)17-6-9-2-3-11(8-17)18(7-9)14(20)10-4-12(15)13(19)16-5-10/h4-5,9,11H,2-3,6-8H2,1H3,(H,16,19)/t9-,11+/m1/s1. The van der Waals surface area contributed by atoms with Crippen molar-refractivity contribution in [2.45, 2.75) is 18.9 Å². The minimum atomic E-state index is -3.27. The summed E-state index contributed by atoms with van der Waals surface area (Å²) < 4.78 is 25.2. The van der Waals surface area contributed by atoms with Crippen molar-refractivity contribution in [1.29, 1.82) is 0 Å². The number of carbonyl (C=O) groups excluding carboxylic acids is 1. The van der Waals surface area contributed by atoms with Gasteiger partial charge in [-0.3, -0.25) is 9.59 Å². The maximum absolute atomic E-state index is 12.7. The van der Waals surface area contributed by atoms with Crippen molar-refractivity contribution in [3.8, 4) is 0 Å². The molecule has 1 aromatic heterocycles. The van der Waals surface area contributed by atoms with Crippen molar-refractivity contribution in [1.82, 2.24) is 14.2 Å². The van der Waals surface area contributed by atoms with Crippen LogP contribution in [0.2, 0.25) is 5.02 Å². The van der Waals surface area contributed by atoms with Gasteiger partial charge in [0.15, 0.2) is 0 Å². The highest BCUT2D eigenvalue weighted by Crippen LogP contribution is 2.30. The fourth-order valence-electron chi connectivity index (χ4n) is 3.30. The maximum atomic E-state index is 12.7. The number of nitrogens with one attached hydrogen (secondary N) is 1. The molecule has 7 nitrogen and oxygen atoms in total. The Morgan fingerprint density at radius 2 is 2.04 bits per heavy atom. The summed E-state index contributed by atoms with van der Waals surface area (Å²) in [6.07, 6.45) is 4.24. The van der Waals surface area contributed by atoms with Crippen LogP contribution >= 0.6 is 11.6 Å². The van der Waals surface area contributed by atoms with Crippen LogP contribution in [0.1, 0.15) is 23.2 Å². The van der Waals surface area contributed by atoms with Crippen LogP contribution in [0.15, 0.2) is 17.1 Å². The molecule has 2 bridgehead atoms. The molecular formula is C14H18ClN3O4S. The second kappa shape index (κ2) is 5.92. The Labute approximate surface area is 139 Å². The predicted octanol–water partition coefficient (Wildman–Crippen LogP) is 0.524. The molecule has 1 N–H and O–H groups in total. The van der Waals surface area contributed by atoms with Crippen LogP contribution in [0.5, 0.6) is 0 Å². The van der Waals surface area contributed by atoms with Gasteiger partial charge >= 0.3 is 0 Å². The molecule has 0 spiro atoms. The molecule has 1 aromatic rings. The van der Waals surface area contributed by atoms with E-state index in [9.17, 15) is 18.0 Å². The molecule has 2 atom stereocenters. The van der Waals surface area contributed by atoms with Crippen molar-refractivity contribution in [2.75, 3.05) is 25.9 Å². The van der Waals surface area contributed by atoms with Gasteiger partial charge < -0.3 is 9.88 Å². The Hall–Kier alpha value is -1.38. The van der Waals surface area contributed by atoms with Gasteiger partial charge in [0.1, 0.15) is 5.02 Å². The number of pyridine rings is 1. The number of hydrogen-bond donors (Lipinski definition) is 1. The van der Waals surface area contributed by atoms with Gasteiger partial charge in [0.2, 0.25) is 10.0 Å². The number of aromatic amines is 1. The van der Waals surface area contributed by atoms with Gasteiger partial charge in [0, 0.05) is 31.9 Å². The molecule has 3 saturated heterocycles. The Bertz CT molecular complexity index is 791. The lowest BCUT2D eigenvalue weighted by atomic mass is 9.94. The summed E-state index contributed by atoms with van der Waals surface area (Å²) in [5.41, 5.74) is -0.128. The lowest BCUT2D eigenvalue weighted by Gasteiger charge is -2.36. The second-order valence-electron chi connectivity index (χ2n) is 6.20. The van der Waals surface area contributed by atoms with E-state index in [1.807, 2.05) is 0 Å². The van der Waals surface area contributed by atoms with E-state index in [0.717, 1.165) is 12.8 Å². The molecule has 126 valence electrons. The van der Waals surface area contributed by atoms with E-state index in [4.69, 9.17) is 11.6 Å². The van der Waals surface area contributed by atoms with Crippen LogP contribution in [0.4, 0.5) is 0 Å². The number of carbonyl (C=O) groups is 1. The van der Waals surface area contributed by atoms with E-state index in [1.165, 1.54) is 22.8 Å². The Balaban J connectivity index is 1.87. The van der Waals surface area contributed by atoms with Crippen molar-refractivity contribution < 1.29 is 13.2 Å². The fraction of sp³-hybridized carbons (Fsp3) is 0.571. The first-order chi connectivity index (χ1) is 10.8. The number of nitrogens with zero attached hydrogens (tertiary/aromatic N) is 2. The van der Waals surface area contributed by atoms with Gasteiger partial charge in [-0.2, -0.15) is 4.31 Å². The molecule has 4 rings (SSSR count). The molecule has 3 fully saturated rings. The van der Waals surface area contributed by atoms with Gasteiger partial charge in [-0.15, -0.1) is 0 Å². The van der Waals surface area contributed by atoms with Crippen LogP contribution in [-0.4, -0.2) is 60.4 Å². The first-order valence-electron chi connectivity index (χ1n) is 7.40. The Morgan fingerprint density at radius 3 is 2.70 bits per heavy atom. The molecule has 4 heterocycles. The molecule has 3 aliphatic rings. The first kappa shape index (κ1) is 16.5. The zero-order chi connectivity index (χ0) is 16.8. The molecule has 1 amide bonds. The van der Waals surface area contributed by atoms with E-state index >= 15 is 0 Å². The van der Waals surface area contributed by atoms with E-state index in [2.05, 4.69) is 4.98 Å². The number of amides is 1. The summed E-state index contributed by atoms with van der Waals surface area (Å²) in [5, 5.41) is -0.0337. The van der Waals surface area contributed by atoms with Crippen LogP contribution in [0, 0.1) is 5.92 Å². The molecule has 0 aliphatic carbocycles. The van der Waals surface area contributed by atoms with Gasteiger partial charge in [-0.25, -0.2) is 8.42 Å². The second-order valence-corrected chi connectivity index (χ2v) is 8.59. The number of sulfonamides is 1. The molecule has 0 saturated carbocycles. The minimum absolute atomic E-state index is 0.0337. The van der Waals surface area contributed by atoms with E-state index in [1.54, 1.807) is 4.90 Å². The molecule has 0 aromatic carbocycles. The average Bonchev–Trinajstić information content (AvgIpc) is 2.81. The van der Waals surface area contributed by atoms with Gasteiger partial charge in [0.25, 0.3) is 11.5 Å². The lowest BCUT2D eigenvalue weighted by molar-refractivity contribution is 0.0588. The molecule has 3 aliphatic heterocycles. The topological polar surface area (TPSA) is 90.6 Å². The Kier molecular flexibility index (Phi) is 4.24. The SMILES string of the molecule is CS(=O)(=O)N1C[C@H]2CC[C@@H](C1)N(C(=O)c1c[nH]c(=O)c(Cl)c1)C2. The number of fused-ring (bicyclic) bond motifs is 4. The summed E-state index contributed by atoms with van der Waals surface area (Å²) in [7, 11) is -3.27. The highest BCUT2D eigenvalue weighted by molar-refractivity contribution is 7.88. The molecule has 0 unspecified atom stereocenters. The number of aromatic nitrogens is 1. The zero-order valence-corrected chi connectivity index (χ0v) is 14.2. The van der Waals surface area contributed by atoms with Crippen molar-refractivity contribution in [3.63, 3.8) is 0 Å². The molecular weight excluding hydrogens is 342 g/mol. The van der Waals surface area contributed by atoms with Crippen molar-refractivity contribution in [3.05, 3.63) is 33.2 Å². The summed E-state index contributed by atoms with van der Waals surface area (Å²) in [5.74, 6) is -0.0983. The normalized spacial score (nSPS) is 25.4. The van der Waals surface area contributed by atoms with Crippen molar-refractivity contribution in [2.24, 2.45) is 5.92 Å². The highest BCUT2D eigenvalue weighted by atomic mass is 35.5. The molecule has 23 heavy (non-hydrogen) atoms. The molecule has 0 radical (unpaired) electrons. The van der Waals surface area contributed by atoms with Crippen LogP contribution in [0.25, 0.3) is 0 Å². The van der Waals surface area contributed by atoms with Gasteiger partial charge in [-0.1, -0.05) is 11.6 Å². The molecule has 9 heteroatoms. The summed E-state index contributed by atoms with van der Waals surface area (Å²) in [6.45, 7) is 1.29. The third-order valence-electron chi connectivity index (χ3n) is 4.51. The third kappa shape index (κ3) is 3.29. The fourth-order valence-corrected chi connectivity index (χ4v) is 4.40. The van der Waals surface area contributed by atoms with Gasteiger partial charge in [-0.05, 0) is 24.8 Å². The third-order valence-corrected chi connectivity index (χ3v) is 6.03. The number of halogens is 1. The number of piperidine rings is 1. The largest absolute Gasteiger partial charge is 0.334 e. The lowest BCUT2D eigenvalue weighted by Crippen LogP contribution is -2.47. The van der Waals surface area contributed by atoms with E-state index in [0.29, 0.717) is 25.2 Å². The predicted molar refractivity (Wildman–Crippen MR) is 86.0 cm³/mol. The van der Waals surface area contributed by atoms with Crippen molar-refractivity contribution >= 4 is 27.5 Å². The van der Waals surface area contributed by atoms with Gasteiger partial charge in [0.05, 0.1) is 11.8 Å². The quantitative estimate of drug-likeness (QED) is 0.833. The number of H-pyrrole nitrogens is 1. The first-order valence-corrected chi connectivity index (χ1v) is 9.62. The maximum Gasteiger partial charge on any atom is 0.266 e. The average molecular weight is 360 g/mol. The van der Waals surface area contributed by atoms with E-state index in [-0.39, 0.29) is 22.9 Å². The van der Waals surface area contributed by atoms with Crippen LogP contribution in [0.3, 0.4) is 0 Å². The number of rotatable bonds is 2. The van der Waals surface area contributed by atoms with Crippen LogP contribution < -0.4 is 5.56 Å². The summed E-state index contributed by atoms with van der Waals surface area (Å²) in [4.78, 5) is 28.2. The van der Waals surface area contributed by atoms with Crippen LogP contribution in [-0.2, 0) is 10.0 Å². The summed E-state index contributed by atoms with van der Waals surface area (Å²) in [6, 6.07) is 1.21. The smallest absolute Gasteiger partial charge is 0.266 e. The Morgan fingerprint density at radius 1 is 1.30 bits per heavy atom. The number of hydrogen-bond acceptors (Lipinski definition) is 4. The monoisotopic (exact) mass is 359 g/mol. The van der Waals surface area contributed by atoms with E-state index < -0.39 is 15.6 Å². The minimum Gasteiger partial charge on any atom is -0.334 e. The zero-order valence-electron chi connectivity index (χ0n) is 12.7. The summed E-state index contributed by atoms with van der Waals surface area (Å²) >= 11 is 5.79.